The van der Waals surface area contributed by atoms with Crippen LogP contribution >= 0.6 is 11.6 Å². The van der Waals surface area contributed by atoms with E-state index >= 15 is 0 Å². The van der Waals surface area contributed by atoms with Crippen molar-refractivity contribution in [2.75, 3.05) is 6.54 Å². The first kappa shape index (κ1) is 17.8. The average molecular weight is 314 g/mol. The zero-order chi connectivity index (χ0) is 16.0. The van der Waals surface area contributed by atoms with E-state index < -0.39 is 11.7 Å². The van der Waals surface area contributed by atoms with Crippen molar-refractivity contribution < 1.29 is 14.6 Å². The molecule has 0 radical (unpaired) electrons. The first-order chi connectivity index (χ1) is 9.72. The van der Waals surface area contributed by atoms with Crippen molar-refractivity contribution in [1.82, 2.24) is 5.32 Å². The van der Waals surface area contributed by atoms with Crippen molar-refractivity contribution in [2.24, 2.45) is 5.92 Å². The molecule has 0 aliphatic carbocycles. The van der Waals surface area contributed by atoms with E-state index in [0.717, 1.165) is 0 Å². The number of halogens is 1. The fourth-order valence-corrected chi connectivity index (χ4v) is 1.85. The number of hydrogen-bond acceptors (Lipinski definition) is 3. The van der Waals surface area contributed by atoms with Gasteiger partial charge in [0.1, 0.15) is 5.75 Å². The maximum absolute atomic E-state index is 12.1. The summed E-state index contributed by atoms with van der Waals surface area (Å²) in [7, 11) is 0. The average Bonchev–Trinajstić information content (AvgIpc) is 2.40. The van der Waals surface area contributed by atoms with E-state index in [4.69, 9.17) is 16.3 Å². The standard InChI is InChI=1S/C16H24ClNO3/c1-11(2)14(19)9-10-18-15(20)16(3,4)21-13-7-5-12(17)6-8-13/h5-8,11,14,19H,9-10H2,1-4H3,(H,18,20). The molecule has 0 saturated heterocycles. The number of benzene rings is 1. The van der Waals surface area contributed by atoms with Crippen LogP contribution in [-0.4, -0.2) is 29.3 Å². The Bertz CT molecular complexity index is 457. The Hall–Kier alpha value is -1.26. The Morgan fingerprint density at radius 3 is 2.43 bits per heavy atom. The van der Waals surface area contributed by atoms with Gasteiger partial charge >= 0.3 is 0 Å². The maximum atomic E-state index is 12.1. The summed E-state index contributed by atoms with van der Waals surface area (Å²) in [5.41, 5.74) is -0.989. The van der Waals surface area contributed by atoms with Gasteiger partial charge in [-0.05, 0) is 50.5 Å². The fraction of sp³-hybridized carbons (Fsp3) is 0.562. The molecule has 1 aromatic carbocycles. The topological polar surface area (TPSA) is 58.6 Å². The summed E-state index contributed by atoms with van der Waals surface area (Å²) in [5, 5.41) is 13.1. The summed E-state index contributed by atoms with van der Waals surface area (Å²) in [4.78, 5) is 12.1. The Morgan fingerprint density at radius 1 is 1.33 bits per heavy atom. The first-order valence-electron chi connectivity index (χ1n) is 7.13. The lowest BCUT2D eigenvalue weighted by atomic mass is 10.0. The molecule has 1 amide bonds. The molecule has 0 bridgehead atoms. The van der Waals surface area contributed by atoms with Crippen molar-refractivity contribution in [3.05, 3.63) is 29.3 Å². The summed E-state index contributed by atoms with van der Waals surface area (Å²) >= 11 is 5.81. The molecule has 0 aromatic heterocycles. The molecule has 1 atom stereocenters. The molecular weight excluding hydrogens is 290 g/mol. The maximum Gasteiger partial charge on any atom is 0.263 e. The minimum atomic E-state index is -0.989. The minimum Gasteiger partial charge on any atom is -0.478 e. The van der Waals surface area contributed by atoms with Crippen LogP contribution in [0.15, 0.2) is 24.3 Å². The van der Waals surface area contributed by atoms with Gasteiger partial charge in [0.2, 0.25) is 0 Å². The smallest absolute Gasteiger partial charge is 0.263 e. The summed E-state index contributed by atoms with van der Waals surface area (Å²) in [5.74, 6) is 0.551. The van der Waals surface area contributed by atoms with Crippen LogP contribution in [0.25, 0.3) is 0 Å². The van der Waals surface area contributed by atoms with Crippen LogP contribution in [0.4, 0.5) is 0 Å². The number of aliphatic hydroxyl groups excluding tert-OH is 1. The molecular formula is C16H24ClNO3. The van der Waals surface area contributed by atoms with Gasteiger partial charge in [-0.2, -0.15) is 0 Å². The molecule has 21 heavy (non-hydrogen) atoms. The number of carbonyl (C=O) groups excluding carboxylic acids is 1. The van der Waals surface area contributed by atoms with Crippen LogP contribution in [0.3, 0.4) is 0 Å². The highest BCUT2D eigenvalue weighted by atomic mass is 35.5. The van der Waals surface area contributed by atoms with Crippen molar-refractivity contribution in [2.45, 2.75) is 45.8 Å². The molecule has 4 nitrogen and oxygen atoms in total. The van der Waals surface area contributed by atoms with Crippen LogP contribution in [0.5, 0.6) is 5.75 Å². The van der Waals surface area contributed by atoms with Gasteiger partial charge in [0, 0.05) is 11.6 Å². The quantitative estimate of drug-likeness (QED) is 0.813. The number of rotatable bonds is 7. The van der Waals surface area contributed by atoms with E-state index in [-0.39, 0.29) is 11.8 Å². The summed E-state index contributed by atoms with van der Waals surface area (Å²) in [6, 6.07) is 6.87. The Kier molecular flexibility index (Phi) is 6.49. The zero-order valence-corrected chi connectivity index (χ0v) is 13.8. The summed E-state index contributed by atoms with van der Waals surface area (Å²) in [6.07, 6.45) is 0.117. The lowest BCUT2D eigenvalue weighted by molar-refractivity contribution is -0.134. The van der Waals surface area contributed by atoms with Crippen LogP contribution in [0.2, 0.25) is 5.02 Å². The third-order valence-corrected chi connectivity index (χ3v) is 3.48. The molecule has 0 aliphatic heterocycles. The number of hydrogen-bond donors (Lipinski definition) is 2. The van der Waals surface area contributed by atoms with E-state index in [1.807, 2.05) is 13.8 Å². The highest BCUT2D eigenvalue weighted by Crippen LogP contribution is 2.21. The molecule has 1 unspecified atom stereocenters. The number of carbonyl (C=O) groups is 1. The van der Waals surface area contributed by atoms with Gasteiger partial charge in [0.25, 0.3) is 5.91 Å². The van der Waals surface area contributed by atoms with Crippen molar-refractivity contribution in [1.29, 1.82) is 0 Å². The largest absolute Gasteiger partial charge is 0.478 e. The predicted octanol–water partition coefficient (Wildman–Crippen LogP) is 3.02. The number of nitrogens with one attached hydrogen (secondary N) is 1. The lowest BCUT2D eigenvalue weighted by Gasteiger charge is -2.25. The van der Waals surface area contributed by atoms with Gasteiger partial charge in [-0.25, -0.2) is 0 Å². The SMILES string of the molecule is CC(C)C(O)CCNC(=O)C(C)(C)Oc1ccc(Cl)cc1. The van der Waals surface area contributed by atoms with Crippen molar-refractivity contribution >= 4 is 17.5 Å². The van der Waals surface area contributed by atoms with Crippen molar-refractivity contribution in [3.63, 3.8) is 0 Å². The Balaban J connectivity index is 2.49. The molecule has 2 N–H and O–H groups in total. The molecule has 1 aromatic rings. The predicted molar refractivity (Wildman–Crippen MR) is 84.6 cm³/mol. The second-order valence-corrected chi connectivity index (χ2v) is 6.36. The molecule has 118 valence electrons. The molecule has 0 heterocycles. The Morgan fingerprint density at radius 2 is 1.90 bits per heavy atom. The van der Waals surface area contributed by atoms with E-state index in [0.29, 0.717) is 23.7 Å². The number of ether oxygens (including phenoxy) is 1. The van der Waals surface area contributed by atoms with E-state index in [2.05, 4.69) is 5.32 Å². The molecule has 0 spiro atoms. The summed E-state index contributed by atoms with van der Waals surface area (Å²) < 4.78 is 5.69. The van der Waals surface area contributed by atoms with Gasteiger partial charge in [0.05, 0.1) is 6.10 Å². The second-order valence-electron chi connectivity index (χ2n) is 5.92. The number of amides is 1. The van der Waals surface area contributed by atoms with Crippen LogP contribution in [-0.2, 0) is 4.79 Å². The van der Waals surface area contributed by atoms with Gasteiger partial charge in [-0.15, -0.1) is 0 Å². The zero-order valence-electron chi connectivity index (χ0n) is 13.0. The van der Waals surface area contributed by atoms with E-state index in [1.165, 1.54) is 0 Å². The highest BCUT2D eigenvalue weighted by molar-refractivity contribution is 6.30. The van der Waals surface area contributed by atoms with Crippen molar-refractivity contribution in [3.8, 4) is 5.75 Å². The highest BCUT2D eigenvalue weighted by Gasteiger charge is 2.29. The molecule has 1 rings (SSSR count). The van der Waals surface area contributed by atoms with Crippen LogP contribution in [0.1, 0.15) is 34.1 Å². The summed E-state index contributed by atoms with van der Waals surface area (Å²) in [6.45, 7) is 7.72. The third kappa shape index (κ3) is 5.94. The second kappa shape index (κ2) is 7.66. The fourth-order valence-electron chi connectivity index (χ4n) is 1.72. The molecule has 0 saturated carbocycles. The van der Waals surface area contributed by atoms with Gasteiger partial charge in [-0.3, -0.25) is 4.79 Å². The van der Waals surface area contributed by atoms with Gasteiger partial charge < -0.3 is 15.2 Å². The monoisotopic (exact) mass is 313 g/mol. The minimum absolute atomic E-state index is 0.181. The van der Waals surface area contributed by atoms with Gasteiger partial charge in [-0.1, -0.05) is 25.4 Å². The number of aliphatic hydroxyl groups is 1. The van der Waals surface area contributed by atoms with E-state index in [9.17, 15) is 9.90 Å². The van der Waals surface area contributed by atoms with Crippen LogP contribution < -0.4 is 10.1 Å². The Labute approximate surface area is 131 Å². The molecule has 0 aliphatic rings. The van der Waals surface area contributed by atoms with E-state index in [1.54, 1.807) is 38.1 Å². The first-order valence-corrected chi connectivity index (χ1v) is 7.51. The molecule has 5 heteroatoms. The third-order valence-electron chi connectivity index (χ3n) is 3.23. The molecule has 0 fully saturated rings. The lowest BCUT2D eigenvalue weighted by Crippen LogP contribution is -2.47. The normalized spacial score (nSPS) is 13.1. The van der Waals surface area contributed by atoms with Crippen LogP contribution in [0, 0.1) is 5.92 Å². The van der Waals surface area contributed by atoms with Gasteiger partial charge in [0.15, 0.2) is 5.60 Å².